The molecule has 0 radical (unpaired) electrons. The molecule has 1 aliphatic heterocycles. The van der Waals surface area contributed by atoms with Crippen molar-refractivity contribution in [1.82, 2.24) is 10.2 Å². The van der Waals surface area contributed by atoms with E-state index in [0.29, 0.717) is 6.42 Å². The summed E-state index contributed by atoms with van der Waals surface area (Å²) in [4.78, 5) is 24.9. The van der Waals surface area contributed by atoms with Crippen LogP contribution in [0.5, 0.6) is 0 Å². The molecule has 1 amide bonds. The van der Waals surface area contributed by atoms with Gasteiger partial charge in [0, 0.05) is 32.5 Å². The molecule has 0 aromatic heterocycles. The first-order valence-electron chi connectivity index (χ1n) is 10.2. The Balaban J connectivity index is 1.95. The van der Waals surface area contributed by atoms with E-state index >= 15 is 0 Å². The molecule has 2 N–H and O–H groups in total. The number of carboxylic acid groups (broad SMARTS) is 1. The molecule has 1 unspecified atom stereocenters. The maximum atomic E-state index is 12.3. The third-order valence-corrected chi connectivity index (χ3v) is 5.03. The lowest BCUT2D eigenvalue weighted by atomic mass is 9.97. The van der Waals surface area contributed by atoms with Gasteiger partial charge >= 0.3 is 5.97 Å². The monoisotopic (exact) mass is 365 g/mol. The fourth-order valence-electron chi connectivity index (χ4n) is 3.50. The Morgan fingerprint density at radius 3 is 2.38 bits per heavy atom. The molecule has 26 heavy (non-hydrogen) atoms. The first-order valence-corrected chi connectivity index (χ1v) is 10.2. The molecule has 0 aromatic rings. The van der Waals surface area contributed by atoms with Crippen molar-refractivity contribution in [3.63, 3.8) is 0 Å². The van der Waals surface area contributed by atoms with E-state index in [-0.39, 0.29) is 18.2 Å². The van der Waals surface area contributed by atoms with Crippen molar-refractivity contribution in [3.05, 3.63) is 0 Å². The Bertz CT molecular complexity index is 448. The van der Waals surface area contributed by atoms with Crippen LogP contribution in [0.1, 0.15) is 77.0 Å². The van der Waals surface area contributed by atoms with E-state index < -0.39 is 5.97 Å². The number of carbonyl (C=O) groups excluding carboxylic acids is 1. The summed E-state index contributed by atoms with van der Waals surface area (Å²) in [5.74, 6) is -0.450. The predicted molar refractivity (Wildman–Crippen MR) is 102 cm³/mol. The Morgan fingerprint density at radius 1 is 1.08 bits per heavy atom. The van der Waals surface area contributed by atoms with Crippen LogP contribution in [0.2, 0.25) is 0 Å². The third kappa shape index (κ3) is 11.1. The van der Waals surface area contributed by atoms with Crippen LogP contribution in [0.25, 0.3) is 0 Å². The highest BCUT2D eigenvalue weighted by molar-refractivity contribution is 5.78. The molecule has 1 aliphatic rings. The molecule has 1 saturated heterocycles. The molecule has 0 bridgehead atoms. The normalized spacial score (nSPS) is 17.6. The number of carboxylic acids is 1. The zero-order chi connectivity index (χ0) is 19.0. The van der Waals surface area contributed by atoms with Crippen molar-refractivity contribution in [3.8, 4) is 6.07 Å². The van der Waals surface area contributed by atoms with Crippen molar-refractivity contribution < 1.29 is 14.7 Å². The number of carbonyl (C=O) groups is 2. The number of hydrogen-bond donors (Lipinski definition) is 2. The van der Waals surface area contributed by atoms with Crippen LogP contribution in [-0.2, 0) is 9.59 Å². The quantitative estimate of drug-likeness (QED) is 0.461. The molecule has 0 aliphatic carbocycles. The van der Waals surface area contributed by atoms with Crippen LogP contribution in [0.3, 0.4) is 0 Å². The predicted octanol–water partition coefficient (Wildman–Crippen LogP) is 3.32. The average Bonchev–Trinajstić information content (AvgIpc) is 2.64. The van der Waals surface area contributed by atoms with E-state index in [2.05, 4.69) is 16.3 Å². The van der Waals surface area contributed by atoms with Gasteiger partial charge in [-0.05, 0) is 32.2 Å². The molecular weight excluding hydrogens is 330 g/mol. The maximum Gasteiger partial charge on any atom is 0.303 e. The van der Waals surface area contributed by atoms with Crippen molar-refractivity contribution in [2.75, 3.05) is 26.2 Å². The second kappa shape index (κ2) is 14.5. The van der Waals surface area contributed by atoms with Crippen molar-refractivity contribution in [2.45, 2.75) is 77.0 Å². The lowest BCUT2D eigenvalue weighted by Crippen LogP contribution is -2.43. The second-order valence-corrected chi connectivity index (χ2v) is 7.31. The van der Waals surface area contributed by atoms with E-state index in [1.54, 1.807) is 0 Å². The molecule has 1 fully saturated rings. The van der Waals surface area contributed by atoms with Crippen molar-refractivity contribution in [1.29, 1.82) is 5.26 Å². The van der Waals surface area contributed by atoms with Gasteiger partial charge in [-0.2, -0.15) is 5.26 Å². The van der Waals surface area contributed by atoms with Gasteiger partial charge in [0.25, 0.3) is 0 Å². The smallest absolute Gasteiger partial charge is 0.303 e. The minimum Gasteiger partial charge on any atom is -0.481 e. The molecule has 0 saturated carbocycles. The van der Waals surface area contributed by atoms with Crippen LogP contribution in [-0.4, -0.2) is 48.1 Å². The minimum absolute atomic E-state index is 0.0771. The van der Waals surface area contributed by atoms with Crippen LogP contribution in [0.4, 0.5) is 0 Å². The summed E-state index contributed by atoms with van der Waals surface area (Å²) in [6.07, 6.45) is 11.4. The number of nitrogens with zero attached hydrogens (tertiary/aromatic N) is 2. The number of nitriles is 1. The summed E-state index contributed by atoms with van der Waals surface area (Å²) in [5, 5.41) is 20.3. The second-order valence-electron chi connectivity index (χ2n) is 7.31. The lowest BCUT2D eigenvalue weighted by Gasteiger charge is -2.31. The largest absolute Gasteiger partial charge is 0.481 e. The Morgan fingerprint density at radius 2 is 1.73 bits per heavy atom. The molecule has 6 heteroatoms. The van der Waals surface area contributed by atoms with Crippen LogP contribution in [0.15, 0.2) is 0 Å². The number of amides is 1. The Labute approximate surface area is 157 Å². The van der Waals surface area contributed by atoms with Crippen LogP contribution in [0, 0.1) is 17.2 Å². The lowest BCUT2D eigenvalue weighted by molar-refractivity contribution is -0.137. The molecule has 0 spiro atoms. The zero-order valence-corrected chi connectivity index (χ0v) is 16.0. The fraction of sp³-hybridized carbons (Fsp3) is 0.850. The minimum atomic E-state index is -0.699. The highest BCUT2D eigenvalue weighted by atomic mass is 16.4. The van der Waals surface area contributed by atoms with Gasteiger partial charge in [0.1, 0.15) is 0 Å². The van der Waals surface area contributed by atoms with E-state index in [0.717, 1.165) is 71.1 Å². The van der Waals surface area contributed by atoms with Gasteiger partial charge in [-0.25, -0.2) is 0 Å². The summed E-state index contributed by atoms with van der Waals surface area (Å²) < 4.78 is 0. The highest BCUT2D eigenvalue weighted by Crippen LogP contribution is 2.17. The van der Waals surface area contributed by atoms with Gasteiger partial charge in [0.2, 0.25) is 5.91 Å². The molecule has 0 aromatic carbocycles. The molecule has 1 rings (SSSR count). The van der Waals surface area contributed by atoms with E-state index in [4.69, 9.17) is 10.4 Å². The molecule has 1 heterocycles. The van der Waals surface area contributed by atoms with Crippen molar-refractivity contribution >= 4 is 11.9 Å². The molecule has 148 valence electrons. The number of aliphatic carboxylic acids is 1. The number of hydrogen-bond acceptors (Lipinski definition) is 4. The van der Waals surface area contributed by atoms with Gasteiger partial charge in [-0.15, -0.1) is 0 Å². The SMILES string of the molecule is N#CCCN1CCCC(C(=O)NCCCCCCCCCCC(=O)O)C1. The van der Waals surface area contributed by atoms with Gasteiger partial charge in [-0.3, -0.25) is 9.59 Å². The number of nitrogens with one attached hydrogen (secondary N) is 1. The molecular formula is C20H35N3O3. The Kier molecular flexibility index (Phi) is 12.6. The van der Waals surface area contributed by atoms with Gasteiger partial charge < -0.3 is 15.3 Å². The standard InChI is InChI=1S/C20H35N3O3/c21-13-10-16-23-15-9-11-18(17-23)20(26)22-14-8-6-4-2-1-3-5-7-12-19(24)25/h18H,1-12,14-17H2,(H,22,26)(H,24,25). The summed E-state index contributed by atoms with van der Waals surface area (Å²) in [6.45, 7) is 3.32. The zero-order valence-electron chi connectivity index (χ0n) is 16.0. The topological polar surface area (TPSA) is 93.4 Å². The average molecular weight is 366 g/mol. The summed E-state index contributed by atoms with van der Waals surface area (Å²) in [6, 6.07) is 2.17. The van der Waals surface area contributed by atoms with Gasteiger partial charge in [-0.1, -0.05) is 38.5 Å². The number of unbranched alkanes of at least 4 members (excludes halogenated alkanes) is 7. The molecule has 6 nitrogen and oxygen atoms in total. The van der Waals surface area contributed by atoms with Gasteiger partial charge in [0.15, 0.2) is 0 Å². The summed E-state index contributed by atoms with van der Waals surface area (Å²) in [7, 11) is 0. The maximum absolute atomic E-state index is 12.3. The van der Waals surface area contributed by atoms with Crippen molar-refractivity contribution in [2.24, 2.45) is 5.92 Å². The number of rotatable bonds is 14. The summed E-state index contributed by atoms with van der Waals surface area (Å²) >= 11 is 0. The van der Waals surface area contributed by atoms with E-state index in [1.165, 1.54) is 19.3 Å². The van der Waals surface area contributed by atoms with Crippen LogP contribution < -0.4 is 5.32 Å². The van der Waals surface area contributed by atoms with E-state index in [1.807, 2.05) is 0 Å². The van der Waals surface area contributed by atoms with Crippen LogP contribution >= 0.6 is 0 Å². The van der Waals surface area contributed by atoms with E-state index in [9.17, 15) is 9.59 Å². The first-order chi connectivity index (χ1) is 12.6. The summed E-state index contributed by atoms with van der Waals surface area (Å²) in [5.41, 5.74) is 0. The molecule has 1 atom stereocenters. The Hall–Kier alpha value is -1.61. The fourth-order valence-corrected chi connectivity index (χ4v) is 3.50. The number of piperidine rings is 1. The number of likely N-dealkylation sites (tertiary alicyclic amines) is 1. The third-order valence-electron chi connectivity index (χ3n) is 5.03. The highest BCUT2D eigenvalue weighted by Gasteiger charge is 2.24. The van der Waals surface area contributed by atoms with Gasteiger partial charge in [0.05, 0.1) is 12.0 Å². The first kappa shape index (κ1) is 22.4.